The first-order valence-corrected chi connectivity index (χ1v) is 5.18. The molecule has 0 bridgehead atoms. The van der Waals surface area contributed by atoms with Crippen molar-refractivity contribution in [3.05, 3.63) is 28.8 Å². The van der Waals surface area contributed by atoms with Gasteiger partial charge in [-0.2, -0.15) is 0 Å². The minimum atomic E-state index is -0.00637. The van der Waals surface area contributed by atoms with Crippen molar-refractivity contribution in [2.45, 2.75) is 6.92 Å². The van der Waals surface area contributed by atoms with Crippen molar-refractivity contribution in [3.63, 3.8) is 0 Å². The highest BCUT2D eigenvalue weighted by Gasteiger charge is 2.12. The number of hydrogen-bond donors (Lipinski definition) is 1. The summed E-state index contributed by atoms with van der Waals surface area (Å²) in [7, 11) is 1.49. The maximum absolute atomic E-state index is 9.77. The van der Waals surface area contributed by atoms with E-state index in [2.05, 4.69) is 22.5 Å². The van der Waals surface area contributed by atoms with Crippen LogP contribution in [0, 0.1) is 0 Å². The molecule has 0 aliphatic carbocycles. The Labute approximate surface area is 97.5 Å². The van der Waals surface area contributed by atoms with Crippen LogP contribution in [-0.2, 0) is 0 Å². The number of methoxy groups -OCH3 is 1. The van der Waals surface area contributed by atoms with Crippen LogP contribution in [0.15, 0.2) is 28.8 Å². The molecule has 1 N–H and O–H groups in total. The van der Waals surface area contributed by atoms with Crippen molar-refractivity contribution in [2.24, 2.45) is 0 Å². The second-order valence-electron chi connectivity index (χ2n) is 3.17. The van der Waals surface area contributed by atoms with Crippen molar-refractivity contribution in [1.82, 2.24) is 0 Å². The van der Waals surface area contributed by atoms with Gasteiger partial charge in [-0.25, -0.2) is 0 Å². The largest absolute Gasteiger partial charge is 0.502 e. The second-order valence-corrected chi connectivity index (χ2v) is 4.03. The van der Waals surface area contributed by atoms with Crippen LogP contribution < -0.4 is 9.47 Å². The molecule has 0 saturated carbocycles. The molecule has 0 amide bonds. The summed E-state index contributed by atoms with van der Waals surface area (Å²) < 4.78 is 11.1. The van der Waals surface area contributed by atoms with E-state index in [1.807, 2.05) is 6.92 Å². The van der Waals surface area contributed by atoms with Crippen molar-refractivity contribution < 1.29 is 14.6 Å². The normalized spacial score (nSPS) is 9.80. The first-order chi connectivity index (χ1) is 7.06. The van der Waals surface area contributed by atoms with Crippen LogP contribution >= 0.6 is 15.9 Å². The molecular formula is C11H13BrO3. The molecule has 15 heavy (non-hydrogen) atoms. The van der Waals surface area contributed by atoms with Gasteiger partial charge in [0.2, 0.25) is 5.75 Å². The summed E-state index contributed by atoms with van der Waals surface area (Å²) in [6.07, 6.45) is 0. The maximum Gasteiger partial charge on any atom is 0.201 e. The fourth-order valence-electron chi connectivity index (χ4n) is 1.03. The lowest BCUT2D eigenvalue weighted by molar-refractivity contribution is 0.311. The van der Waals surface area contributed by atoms with E-state index in [0.29, 0.717) is 22.6 Å². The van der Waals surface area contributed by atoms with Gasteiger partial charge >= 0.3 is 0 Å². The van der Waals surface area contributed by atoms with Gasteiger partial charge in [-0.15, -0.1) is 0 Å². The Bertz CT molecular complexity index is 374. The summed E-state index contributed by atoms with van der Waals surface area (Å²) in [5.74, 6) is 0.750. The molecule has 0 aliphatic rings. The van der Waals surface area contributed by atoms with E-state index in [9.17, 15) is 5.11 Å². The van der Waals surface area contributed by atoms with Crippen LogP contribution in [0.2, 0.25) is 0 Å². The minimum Gasteiger partial charge on any atom is -0.502 e. The zero-order chi connectivity index (χ0) is 11.4. The highest BCUT2D eigenvalue weighted by atomic mass is 79.9. The van der Waals surface area contributed by atoms with Gasteiger partial charge in [-0.05, 0) is 40.6 Å². The number of halogens is 1. The Kier molecular flexibility index (Phi) is 4.03. The maximum atomic E-state index is 9.77. The molecule has 3 nitrogen and oxygen atoms in total. The third-order valence-corrected chi connectivity index (χ3v) is 2.35. The SMILES string of the molecule is C=C(C)COc1c(Br)ccc(OC)c1O. The number of ether oxygens (including phenoxy) is 2. The van der Waals surface area contributed by atoms with Gasteiger partial charge in [0, 0.05) is 0 Å². The molecule has 0 aliphatic heterocycles. The first-order valence-electron chi connectivity index (χ1n) is 4.39. The van der Waals surface area contributed by atoms with Crippen LogP contribution in [0.25, 0.3) is 0 Å². The van der Waals surface area contributed by atoms with E-state index in [1.165, 1.54) is 7.11 Å². The monoisotopic (exact) mass is 272 g/mol. The fraction of sp³-hybridized carbons (Fsp3) is 0.273. The third-order valence-electron chi connectivity index (χ3n) is 1.73. The van der Waals surface area contributed by atoms with Gasteiger partial charge in [-0.1, -0.05) is 6.58 Å². The number of phenols is 1. The van der Waals surface area contributed by atoms with Crippen molar-refractivity contribution in [3.8, 4) is 17.2 Å². The molecular weight excluding hydrogens is 260 g/mol. The molecule has 82 valence electrons. The molecule has 1 aromatic rings. The number of hydrogen-bond acceptors (Lipinski definition) is 3. The van der Waals surface area contributed by atoms with Crippen molar-refractivity contribution in [2.75, 3.05) is 13.7 Å². The summed E-state index contributed by atoms with van der Waals surface area (Å²) in [5, 5.41) is 9.77. The Morgan fingerprint density at radius 3 is 2.73 bits per heavy atom. The molecule has 1 aromatic carbocycles. The van der Waals surface area contributed by atoms with E-state index in [1.54, 1.807) is 12.1 Å². The molecule has 0 radical (unpaired) electrons. The standard InChI is InChI=1S/C11H13BrO3/c1-7(2)6-15-11-8(12)4-5-9(14-3)10(11)13/h4-5,13H,1,6H2,2-3H3. The Morgan fingerprint density at radius 1 is 1.53 bits per heavy atom. The minimum absolute atomic E-state index is 0.00637. The summed E-state index contributed by atoms with van der Waals surface area (Å²) in [6.45, 7) is 5.93. The van der Waals surface area contributed by atoms with E-state index in [-0.39, 0.29) is 5.75 Å². The lowest BCUT2D eigenvalue weighted by Gasteiger charge is -2.12. The van der Waals surface area contributed by atoms with Crippen LogP contribution in [0.5, 0.6) is 17.2 Å². The predicted octanol–water partition coefficient (Wildman–Crippen LogP) is 3.12. The molecule has 0 unspecified atom stereocenters. The van der Waals surface area contributed by atoms with Gasteiger partial charge in [0.25, 0.3) is 0 Å². The lowest BCUT2D eigenvalue weighted by atomic mass is 10.3. The summed E-state index contributed by atoms with van der Waals surface area (Å²) in [4.78, 5) is 0. The Hall–Kier alpha value is -1.16. The average molecular weight is 273 g/mol. The van der Waals surface area contributed by atoms with E-state index >= 15 is 0 Å². The molecule has 4 heteroatoms. The van der Waals surface area contributed by atoms with Crippen LogP contribution in [0.1, 0.15) is 6.92 Å². The van der Waals surface area contributed by atoms with Gasteiger partial charge < -0.3 is 14.6 Å². The number of aromatic hydroxyl groups is 1. The molecule has 0 fully saturated rings. The molecule has 0 aromatic heterocycles. The average Bonchev–Trinajstić information content (AvgIpc) is 2.17. The molecule has 0 atom stereocenters. The van der Waals surface area contributed by atoms with Crippen LogP contribution in [0.4, 0.5) is 0 Å². The quantitative estimate of drug-likeness (QED) is 0.856. The van der Waals surface area contributed by atoms with Crippen LogP contribution in [0.3, 0.4) is 0 Å². The zero-order valence-corrected chi connectivity index (χ0v) is 10.3. The number of phenolic OH excluding ortho intramolecular Hbond substituents is 1. The van der Waals surface area contributed by atoms with Gasteiger partial charge in [-0.3, -0.25) is 0 Å². The Morgan fingerprint density at radius 2 is 2.20 bits per heavy atom. The number of benzene rings is 1. The molecule has 1 rings (SSSR count). The van der Waals surface area contributed by atoms with Crippen molar-refractivity contribution in [1.29, 1.82) is 0 Å². The van der Waals surface area contributed by atoms with E-state index < -0.39 is 0 Å². The highest BCUT2D eigenvalue weighted by Crippen LogP contribution is 2.41. The van der Waals surface area contributed by atoms with Gasteiger partial charge in [0.05, 0.1) is 11.6 Å². The van der Waals surface area contributed by atoms with E-state index in [0.717, 1.165) is 5.57 Å². The summed E-state index contributed by atoms with van der Waals surface area (Å²) in [5.41, 5.74) is 0.879. The first kappa shape index (κ1) is 11.9. The topological polar surface area (TPSA) is 38.7 Å². The van der Waals surface area contributed by atoms with Gasteiger partial charge in [0.15, 0.2) is 11.5 Å². The molecule has 0 spiro atoms. The zero-order valence-electron chi connectivity index (χ0n) is 8.71. The predicted molar refractivity (Wildman–Crippen MR) is 62.7 cm³/mol. The molecule has 0 heterocycles. The highest BCUT2D eigenvalue weighted by molar-refractivity contribution is 9.10. The smallest absolute Gasteiger partial charge is 0.201 e. The van der Waals surface area contributed by atoms with Crippen molar-refractivity contribution >= 4 is 15.9 Å². The lowest BCUT2D eigenvalue weighted by Crippen LogP contribution is -1.99. The van der Waals surface area contributed by atoms with Gasteiger partial charge in [0.1, 0.15) is 6.61 Å². The second kappa shape index (κ2) is 5.07. The fourth-order valence-corrected chi connectivity index (χ4v) is 1.46. The summed E-state index contributed by atoms with van der Waals surface area (Å²) in [6, 6.07) is 3.42. The van der Waals surface area contributed by atoms with E-state index in [4.69, 9.17) is 9.47 Å². The van der Waals surface area contributed by atoms with Crippen LogP contribution in [-0.4, -0.2) is 18.8 Å². The Balaban J connectivity index is 2.98. The number of rotatable bonds is 4. The molecule has 0 saturated heterocycles. The summed E-state index contributed by atoms with van der Waals surface area (Å²) >= 11 is 3.29. The third kappa shape index (κ3) is 2.89.